The van der Waals surface area contributed by atoms with E-state index in [9.17, 15) is 26.4 Å². The molecule has 31 heavy (non-hydrogen) atoms. The quantitative estimate of drug-likeness (QED) is 0.626. The Kier molecular flexibility index (Phi) is 6.90. The van der Waals surface area contributed by atoms with E-state index < -0.39 is 21.6 Å². The first kappa shape index (κ1) is 23.1. The predicted molar refractivity (Wildman–Crippen MR) is 106 cm³/mol. The number of benzene rings is 1. The van der Waals surface area contributed by atoms with E-state index in [1.807, 2.05) is 4.90 Å². The van der Waals surface area contributed by atoms with Gasteiger partial charge >= 0.3 is 6.18 Å². The number of carbonyl (C=O) groups is 1. The molecule has 0 spiro atoms. The van der Waals surface area contributed by atoms with Gasteiger partial charge in [0.1, 0.15) is 15.6 Å². The van der Waals surface area contributed by atoms with Crippen LogP contribution in [0.25, 0.3) is 0 Å². The number of sulfone groups is 1. The molecule has 0 unspecified atom stereocenters. The summed E-state index contributed by atoms with van der Waals surface area (Å²) in [6.07, 6.45) is -1.75. The largest absolute Gasteiger partial charge is 0.471 e. The van der Waals surface area contributed by atoms with Crippen molar-refractivity contribution in [3.63, 3.8) is 0 Å². The first-order chi connectivity index (χ1) is 14.5. The van der Waals surface area contributed by atoms with Crippen LogP contribution in [0.4, 0.5) is 13.2 Å². The molecule has 1 saturated heterocycles. The standard InChI is InChI=1S/C19H23F3N4O4S/c1-31(28,29)12-11-24-7-9-25(10-8-24)18(27)17-5-6-26(23-17)14-30-16-4-2-3-15(13-16)19(20,21)22/h2-6,13H,7-12,14H2,1H3. The predicted octanol–water partition coefficient (Wildman–Crippen LogP) is 1.74. The number of hydrogen-bond acceptors (Lipinski definition) is 6. The zero-order chi connectivity index (χ0) is 22.6. The molecule has 170 valence electrons. The summed E-state index contributed by atoms with van der Waals surface area (Å²) in [4.78, 5) is 16.3. The smallest absolute Gasteiger partial charge is 0.416 e. The molecule has 0 radical (unpaired) electrons. The van der Waals surface area contributed by atoms with Crippen molar-refractivity contribution in [3.05, 3.63) is 47.8 Å². The van der Waals surface area contributed by atoms with Crippen LogP contribution < -0.4 is 4.74 Å². The van der Waals surface area contributed by atoms with E-state index in [0.717, 1.165) is 12.1 Å². The van der Waals surface area contributed by atoms with Gasteiger partial charge < -0.3 is 9.64 Å². The fraction of sp³-hybridized carbons (Fsp3) is 0.474. The molecule has 0 aliphatic carbocycles. The molecule has 0 saturated carbocycles. The van der Waals surface area contributed by atoms with E-state index in [1.54, 1.807) is 4.90 Å². The Morgan fingerprint density at radius 1 is 1.16 bits per heavy atom. The molecule has 2 aromatic rings. The highest BCUT2D eigenvalue weighted by Gasteiger charge is 2.30. The summed E-state index contributed by atoms with van der Waals surface area (Å²) < 4.78 is 67.6. The van der Waals surface area contributed by atoms with E-state index in [-0.39, 0.29) is 29.8 Å². The van der Waals surface area contributed by atoms with Crippen LogP contribution in [-0.4, -0.2) is 78.6 Å². The van der Waals surface area contributed by atoms with Gasteiger partial charge in [0, 0.05) is 45.2 Å². The normalized spacial score (nSPS) is 15.8. The van der Waals surface area contributed by atoms with Crippen molar-refractivity contribution in [1.29, 1.82) is 0 Å². The van der Waals surface area contributed by atoms with Gasteiger partial charge in [-0.2, -0.15) is 18.3 Å². The second-order valence-corrected chi connectivity index (χ2v) is 9.56. The van der Waals surface area contributed by atoms with E-state index in [1.165, 1.54) is 35.3 Å². The molecule has 1 aromatic heterocycles. The molecule has 0 N–H and O–H groups in total. The van der Waals surface area contributed by atoms with Crippen LogP contribution in [0.1, 0.15) is 16.1 Å². The van der Waals surface area contributed by atoms with Crippen molar-refractivity contribution in [1.82, 2.24) is 19.6 Å². The number of amides is 1. The average Bonchev–Trinajstić information content (AvgIpc) is 3.19. The van der Waals surface area contributed by atoms with E-state index in [2.05, 4.69) is 5.10 Å². The molecule has 8 nitrogen and oxygen atoms in total. The lowest BCUT2D eigenvalue weighted by molar-refractivity contribution is -0.137. The average molecular weight is 460 g/mol. The van der Waals surface area contributed by atoms with E-state index in [4.69, 9.17) is 4.74 Å². The third kappa shape index (κ3) is 6.69. The van der Waals surface area contributed by atoms with Gasteiger partial charge in [0.2, 0.25) is 0 Å². The van der Waals surface area contributed by atoms with Crippen molar-refractivity contribution >= 4 is 15.7 Å². The highest BCUT2D eigenvalue weighted by molar-refractivity contribution is 7.90. The van der Waals surface area contributed by atoms with E-state index >= 15 is 0 Å². The maximum Gasteiger partial charge on any atom is 0.416 e. The van der Waals surface area contributed by atoms with Crippen LogP contribution in [-0.2, 0) is 22.7 Å². The van der Waals surface area contributed by atoms with Gasteiger partial charge in [-0.05, 0) is 24.3 Å². The minimum Gasteiger partial charge on any atom is -0.471 e. The van der Waals surface area contributed by atoms with Crippen LogP contribution in [0, 0.1) is 0 Å². The Hall–Kier alpha value is -2.60. The van der Waals surface area contributed by atoms with Gasteiger partial charge in [0.25, 0.3) is 5.91 Å². The Bertz CT molecular complexity index is 1020. The number of halogens is 3. The van der Waals surface area contributed by atoms with Crippen molar-refractivity contribution < 1.29 is 31.1 Å². The molecule has 1 amide bonds. The summed E-state index contributed by atoms with van der Waals surface area (Å²) in [6.45, 7) is 2.34. The molecular weight excluding hydrogens is 437 g/mol. The number of rotatable bonds is 7. The van der Waals surface area contributed by atoms with Crippen molar-refractivity contribution in [3.8, 4) is 5.75 Å². The lowest BCUT2D eigenvalue weighted by atomic mass is 10.2. The Labute approximate surface area is 178 Å². The lowest BCUT2D eigenvalue weighted by Gasteiger charge is -2.34. The summed E-state index contributed by atoms with van der Waals surface area (Å²) in [5, 5.41) is 4.14. The highest BCUT2D eigenvalue weighted by Crippen LogP contribution is 2.31. The first-order valence-corrected chi connectivity index (χ1v) is 11.6. The Morgan fingerprint density at radius 3 is 2.52 bits per heavy atom. The molecule has 1 aromatic carbocycles. The van der Waals surface area contributed by atoms with Crippen molar-refractivity contribution in [2.75, 3.05) is 44.7 Å². The van der Waals surface area contributed by atoms with Crippen LogP contribution >= 0.6 is 0 Å². The summed E-state index contributed by atoms with van der Waals surface area (Å²) in [5.74, 6) is -0.138. The van der Waals surface area contributed by atoms with Gasteiger partial charge in [-0.15, -0.1) is 0 Å². The molecule has 2 heterocycles. The maximum absolute atomic E-state index is 12.8. The molecule has 0 atom stereocenters. The fourth-order valence-corrected chi connectivity index (χ4v) is 3.67. The minimum atomic E-state index is -4.46. The van der Waals surface area contributed by atoms with Gasteiger partial charge in [-0.1, -0.05) is 6.07 Å². The minimum absolute atomic E-state index is 0.0448. The third-order valence-electron chi connectivity index (χ3n) is 4.82. The number of alkyl halides is 3. The number of hydrogen-bond donors (Lipinski definition) is 0. The van der Waals surface area contributed by atoms with Crippen LogP contribution in [0.3, 0.4) is 0 Å². The number of aromatic nitrogens is 2. The van der Waals surface area contributed by atoms with Crippen molar-refractivity contribution in [2.45, 2.75) is 12.9 Å². The van der Waals surface area contributed by atoms with Gasteiger partial charge in [-0.25, -0.2) is 13.1 Å². The summed E-state index contributed by atoms with van der Waals surface area (Å²) in [6, 6.07) is 6.05. The third-order valence-corrected chi connectivity index (χ3v) is 5.75. The Balaban J connectivity index is 1.51. The number of nitrogens with zero attached hydrogens (tertiary/aromatic N) is 4. The van der Waals surface area contributed by atoms with Crippen molar-refractivity contribution in [2.24, 2.45) is 0 Å². The molecule has 3 rings (SSSR count). The van der Waals surface area contributed by atoms with Crippen LogP contribution in [0.2, 0.25) is 0 Å². The molecular formula is C19H23F3N4O4S. The maximum atomic E-state index is 12.8. The zero-order valence-corrected chi connectivity index (χ0v) is 17.7. The topological polar surface area (TPSA) is 84.7 Å². The summed E-state index contributed by atoms with van der Waals surface area (Å²) in [7, 11) is -3.03. The van der Waals surface area contributed by atoms with Gasteiger partial charge in [0.05, 0.1) is 11.3 Å². The molecule has 12 heteroatoms. The lowest BCUT2D eigenvalue weighted by Crippen LogP contribution is -2.49. The zero-order valence-electron chi connectivity index (χ0n) is 16.9. The van der Waals surface area contributed by atoms with Crippen LogP contribution in [0.5, 0.6) is 5.75 Å². The fourth-order valence-electron chi connectivity index (χ4n) is 3.08. The van der Waals surface area contributed by atoms with Gasteiger partial charge in [0.15, 0.2) is 12.4 Å². The van der Waals surface area contributed by atoms with Crippen LogP contribution in [0.15, 0.2) is 36.5 Å². The summed E-state index contributed by atoms with van der Waals surface area (Å²) in [5.41, 5.74) is -0.603. The summed E-state index contributed by atoms with van der Waals surface area (Å²) >= 11 is 0. The Morgan fingerprint density at radius 2 is 1.87 bits per heavy atom. The monoisotopic (exact) mass is 460 g/mol. The SMILES string of the molecule is CS(=O)(=O)CCN1CCN(C(=O)c2ccn(COc3cccc(C(F)(F)F)c3)n2)CC1. The molecule has 1 fully saturated rings. The number of carbonyl (C=O) groups excluding carboxylic acids is 1. The molecule has 0 bridgehead atoms. The first-order valence-electron chi connectivity index (χ1n) is 9.54. The highest BCUT2D eigenvalue weighted by atomic mass is 32.2. The second-order valence-electron chi connectivity index (χ2n) is 7.30. The number of ether oxygens (including phenoxy) is 1. The van der Waals surface area contributed by atoms with Gasteiger partial charge in [-0.3, -0.25) is 9.69 Å². The molecule has 1 aliphatic rings. The number of piperazine rings is 1. The molecule has 1 aliphatic heterocycles. The van der Waals surface area contributed by atoms with E-state index in [0.29, 0.717) is 32.7 Å². The second kappa shape index (κ2) is 9.27.